The molecule has 31 heavy (non-hydrogen) atoms. The molecule has 0 spiro atoms. The van der Waals surface area contributed by atoms with Crippen LogP contribution in [0.15, 0.2) is 18.2 Å². The van der Waals surface area contributed by atoms with Gasteiger partial charge in [-0.3, -0.25) is 0 Å². The molecule has 0 saturated carbocycles. The molecule has 0 unspecified atom stereocenters. The van der Waals surface area contributed by atoms with Gasteiger partial charge in [0.05, 0.1) is 0 Å². The number of halogens is 11. The van der Waals surface area contributed by atoms with Gasteiger partial charge in [0.2, 0.25) is 0 Å². The van der Waals surface area contributed by atoms with Gasteiger partial charge < -0.3 is 0 Å². The Morgan fingerprint density at radius 2 is 0.742 bits per heavy atom. The Kier molecular flexibility index (Phi) is 6.08. The molecule has 0 aliphatic carbocycles. The zero-order valence-electron chi connectivity index (χ0n) is 15.0. The first kappa shape index (κ1) is 23.1. The average molecular weight is 470 g/mol. The highest BCUT2D eigenvalue weighted by Crippen LogP contribution is 2.19. The lowest BCUT2D eigenvalue weighted by Gasteiger charge is -2.20. The third-order valence-electron chi connectivity index (χ3n) is 4.60. The highest BCUT2D eigenvalue weighted by Gasteiger charge is 2.43. The largest absolute Gasteiger partial charge is 0.412 e. The van der Waals surface area contributed by atoms with Crippen molar-refractivity contribution in [1.29, 1.82) is 0 Å². The summed E-state index contributed by atoms with van der Waals surface area (Å²) in [5.41, 5.74) is -0.944. The molecule has 162 valence electrons. The van der Waals surface area contributed by atoms with Crippen molar-refractivity contribution in [3.63, 3.8) is 0 Å². The Labute approximate surface area is 170 Å². The van der Waals surface area contributed by atoms with Gasteiger partial charge in [-0.1, -0.05) is 0 Å². The van der Waals surface area contributed by atoms with E-state index in [0.717, 1.165) is 6.92 Å². The van der Waals surface area contributed by atoms with Crippen LogP contribution >= 0.6 is 0 Å². The maximum absolute atomic E-state index is 14.8. The van der Waals surface area contributed by atoms with Gasteiger partial charge >= 0.3 is 14.1 Å². The van der Waals surface area contributed by atoms with Gasteiger partial charge in [0.15, 0.2) is 34.9 Å². The first-order valence-electron chi connectivity index (χ1n) is 8.18. The molecule has 12 heteroatoms. The normalized spacial score (nSPS) is 11.2. The van der Waals surface area contributed by atoms with Crippen molar-refractivity contribution in [2.24, 2.45) is 0 Å². The van der Waals surface area contributed by atoms with Crippen LogP contribution in [0, 0.1) is 70.9 Å². The topological polar surface area (TPSA) is 0 Å². The van der Waals surface area contributed by atoms with Crippen LogP contribution in [0.3, 0.4) is 0 Å². The fourth-order valence-corrected chi connectivity index (χ4v) is 6.27. The predicted octanol–water partition coefficient (Wildman–Crippen LogP) is 4.04. The van der Waals surface area contributed by atoms with Gasteiger partial charge in [0.25, 0.3) is 0 Å². The van der Waals surface area contributed by atoms with Gasteiger partial charge in [-0.15, -0.1) is 0 Å². The summed E-state index contributed by atoms with van der Waals surface area (Å²) in [6.07, 6.45) is 0. The van der Waals surface area contributed by atoms with E-state index in [2.05, 4.69) is 0 Å². The first-order valence-corrected chi connectivity index (χ1v) is 9.91. The molecule has 0 bridgehead atoms. The van der Waals surface area contributed by atoms with Crippen LogP contribution in [-0.2, 0) is 0 Å². The van der Waals surface area contributed by atoms with Crippen molar-refractivity contribution >= 4 is 27.4 Å². The van der Waals surface area contributed by atoms with Crippen molar-refractivity contribution in [2.75, 3.05) is 0 Å². The molecular formula is C19H6AlF11. The van der Waals surface area contributed by atoms with E-state index in [4.69, 9.17) is 0 Å². The van der Waals surface area contributed by atoms with Crippen molar-refractivity contribution in [3.05, 3.63) is 87.8 Å². The first-order chi connectivity index (χ1) is 14.4. The minimum absolute atomic E-state index is 0.0269. The van der Waals surface area contributed by atoms with E-state index in [0.29, 0.717) is 0 Å². The van der Waals surface area contributed by atoms with Crippen molar-refractivity contribution in [2.45, 2.75) is 6.92 Å². The van der Waals surface area contributed by atoms with E-state index in [1.54, 1.807) is 0 Å². The summed E-state index contributed by atoms with van der Waals surface area (Å²) in [7, 11) is 0. The second-order valence-electron chi connectivity index (χ2n) is 6.39. The summed E-state index contributed by atoms with van der Waals surface area (Å²) < 4.78 is 150. The molecule has 0 nitrogen and oxygen atoms in total. The monoisotopic (exact) mass is 470 g/mol. The second-order valence-corrected chi connectivity index (χ2v) is 8.99. The highest BCUT2D eigenvalue weighted by atomic mass is 27.2. The smallest absolute Gasteiger partial charge is 0.208 e. The van der Waals surface area contributed by atoms with Crippen molar-refractivity contribution in [1.82, 2.24) is 0 Å². The molecular weight excluding hydrogens is 464 g/mol. The predicted molar refractivity (Wildman–Crippen MR) is 88.3 cm³/mol. The minimum atomic E-state index is -4.92. The Morgan fingerprint density at radius 3 is 1.13 bits per heavy atom. The fraction of sp³-hybridized carbons (Fsp3) is 0.0526. The quantitative estimate of drug-likeness (QED) is 0.235. The maximum atomic E-state index is 14.8. The molecule has 3 aromatic carbocycles. The SMILES string of the molecule is Cc1c(F)cc(F)[c]([Al]([c]2c(F)cc(F)c(F)c2F)[c]2c(F)cc(F)c(F)c2F)c1F. The molecule has 0 radical (unpaired) electrons. The van der Waals surface area contributed by atoms with Crippen molar-refractivity contribution in [3.8, 4) is 0 Å². The molecule has 0 fully saturated rings. The van der Waals surface area contributed by atoms with Gasteiger partial charge in [-0.25, -0.2) is 48.3 Å². The lowest BCUT2D eigenvalue weighted by molar-refractivity contribution is 0.438. The third-order valence-corrected chi connectivity index (χ3v) is 7.92. The van der Waals surface area contributed by atoms with Crippen LogP contribution in [0.4, 0.5) is 48.3 Å². The van der Waals surface area contributed by atoms with Crippen LogP contribution in [-0.4, -0.2) is 14.1 Å². The van der Waals surface area contributed by atoms with Gasteiger partial charge in [0.1, 0.15) is 29.1 Å². The van der Waals surface area contributed by atoms with E-state index in [1.165, 1.54) is 0 Å². The summed E-state index contributed by atoms with van der Waals surface area (Å²) in [4.78, 5) is 0. The molecule has 0 aromatic heterocycles. The molecule has 3 aromatic rings. The van der Waals surface area contributed by atoms with E-state index in [-0.39, 0.29) is 18.2 Å². The number of hydrogen-bond acceptors (Lipinski definition) is 0. The molecule has 0 N–H and O–H groups in total. The fourth-order valence-electron chi connectivity index (χ4n) is 3.10. The average Bonchev–Trinajstić information content (AvgIpc) is 2.68. The Hall–Kier alpha value is -2.58. The molecule has 0 saturated heterocycles. The highest BCUT2D eigenvalue weighted by molar-refractivity contribution is 6.95. The summed E-state index contributed by atoms with van der Waals surface area (Å²) in [5, 5.41) is 0. The van der Waals surface area contributed by atoms with Gasteiger partial charge in [-0.2, -0.15) is 0 Å². The second kappa shape index (κ2) is 8.17. The van der Waals surface area contributed by atoms with Crippen LogP contribution in [0.1, 0.15) is 5.56 Å². The summed E-state index contributed by atoms with van der Waals surface area (Å²) in [6, 6.07) is -0.482. The van der Waals surface area contributed by atoms with E-state index >= 15 is 0 Å². The Balaban J connectivity index is 2.56. The van der Waals surface area contributed by atoms with Crippen LogP contribution in [0.25, 0.3) is 0 Å². The molecule has 0 atom stereocenters. The zero-order valence-corrected chi connectivity index (χ0v) is 16.1. The number of rotatable bonds is 3. The molecule has 0 amide bonds. The lowest BCUT2D eigenvalue weighted by Crippen LogP contribution is -2.59. The van der Waals surface area contributed by atoms with E-state index in [1.807, 2.05) is 0 Å². The van der Waals surface area contributed by atoms with Gasteiger partial charge in [0, 0.05) is 23.8 Å². The van der Waals surface area contributed by atoms with E-state index < -0.39 is 97.0 Å². The molecule has 3 rings (SSSR count). The van der Waals surface area contributed by atoms with Crippen LogP contribution in [0.5, 0.6) is 0 Å². The number of hydrogen-bond donors (Lipinski definition) is 0. The number of benzene rings is 3. The third kappa shape index (κ3) is 3.68. The van der Waals surface area contributed by atoms with Crippen LogP contribution in [0.2, 0.25) is 0 Å². The van der Waals surface area contributed by atoms with Crippen molar-refractivity contribution < 1.29 is 48.3 Å². The lowest BCUT2D eigenvalue weighted by atomic mass is 10.2. The standard InChI is InChI=1S/C7H4F3.2C6HF4.Al/c1-4-6(9)2-5(8)3-7(4)10;2*7-3-1-4(8)6(10)5(9)2-3;/h2H,1H3;2*1H;. The van der Waals surface area contributed by atoms with Gasteiger partial charge in [-0.05, 0) is 20.2 Å². The van der Waals surface area contributed by atoms with E-state index in [9.17, 15) is 48.3 Å². The van der Waals surface area contributed by atoms with Crippen LogP contribution < -0.4 is 13.3 Å². The Bertz CT molecular complexity index is 1070. The minimum Gasteiger partial charge on any atom is -0.208 e. The zero-order chi connectivity index (χ0) is 23.4. The summed E-state index contributed by atoms with van der Waals surface area (Å²) in [6.45, 7) is 0.745. The summed E-state index contributed by atoms with van der Waals surface area (Å²) in [5.74, 6) is -22.8. The molecule has 0 aliphatic rings. The molecule has 0 aliphatic heterocycles. The Morgan fingerprint density at radius 1 is 0.419 bits per heavy atom. The molecule has 0 heterocycles. The summed E-state index contributed by atoms with van der Waals surface area (Å²) >= 11 is -4.92. The maximum Gasteiger partial charge on any atom is 0.412 e.